The molecule has 3 N–H and O–H groups in total. The minimum atomic E-state index is -2.21. The van der Waals surface area contributed by atoms with E-state index < -0.39 is 51.4 Å². The van der Waals surface area contributed by atoms with Crippen LogP contribution in [-0.4, -0.2) is 51.3 Å². The molecule has 2 heterocycles. The Hall–Kier alpha value is -2.88. The van der Waals surface area contributed by atoms with Crippen molar-refractivity contribution in [3.63, 3.8) is 0 Å². The topological polar surface area (TPSA) is 136 Å². The Morgan fingerprint density at radius 2 is 1.71 bits per heavy atom. The maximum atomic E-state index is 13.4. The molecule has 2 aromatic rings. The van der Waals surface area contributed by atoms with Gasteiger partial charge in [0.05, 0.1) is 18.1 Å². The molecule has 206 valence electrons. The van der Waals surface area contributed by atoms with Gasteiger partial charge < -0.3 is 33.9 Å². The van der Waals surface area contributed by atoms with Gasteiger partial charge in [0.25, 0.3) is 0 Å². The number of rotatable bonds is 3. The molecule has 9 nitrogen and oxygen atoms in total. The summed E-state index contributed by atoms with van der Waals surface area (Å²) in [4.78, 5) is 25.5. The molecule has 0 radical (unpaired) electrons. The first-order chi connectivity index (χ1) is 17.6. The first kappa shape index (κ1) is 26.7. The van der Waals surface area contributed by atoms with Crippen molar-refractivity contribution in [2.45, 2.75) is 89.3 Å². The number of carbonyl (C=O) groups is 1. The highest BCUT2D eigenvalue weighted by Gasteiger charge is 2.81. The van der Waals surface area contributed by atoms with E-state index in [2.05, 4.69) is 0 Å². The highest BCUT2D eigenvalue weighted by Crippen LogP contribution is 2.70. The van der Waals surface area contributed by atoms with E-state index >= 15 is 0 Å². The van der Waals surface area contributed by atoms with Gasteiger partial charge in [0, 0.05) is 18.6 Å². The first-order valence-electron chi connectivity index (χ1n) is 13.0. The van der Waals surface area contributed by atoms with Crippen molar-refractivity contribution in [3.8, 4) is 22.8 Å². The lowest BCUT2D eigenvalue weighted by atomic mass is 9.39. The van der Waals surface area contributed by atoms with Gasteiger partial charge in [-0.1, -0.05) is 20.8 Å². The summed E-state index contributed by atoms with van der Waals surface area (Å²) in [5.41, 5.74) is -8.01. The molecule has 38 heavy (non-hydrogen) atoms. The maximum Gasteiger partial charge on any atom is 0.346 e. The molecule has 0 amide bonds. The van der Waals surface area contributed by atoms with Crippen LogP contribution in [0.5, 0.6) is 11.5 Å². The molecule has 1 aliphatic heterocycles. The molecule has 0 bridgehead atoms. The van der Waals surface area contributed by atoms with E-state index in [1.54, 1.807) is 45.2 Å². The molecule has 1 aromatic heterocycles. The maximum absolute atomic E-state index is 13.4. The quantitative estimate of drug-likeness (QED) is 0.511. The second kappa shape index (κ2) is 8.31. The number of methoxy groups -OCH3 is 1. The fourth-order valence-electron chi connectivity index (χ4n) is 7.52. The lowest BCUT2D eigenvalue weighted by molar-refractivity contribution is -0.375. The van der Waals surface area contributed by atoms with Crippen LogP contribution in [0.2, 0.25) is 0 Å². The monoisotopic (exact) mass is 528 g/mol. The fraction of sp³-hybridized carbons (Fsp3) is 0.586. The van der Waals surface area contributed by atoms with Crippen molar-refractivity contribution in [2.24, 2.45) is 10.8 Å². The third kappa shape index (κ3) is 3.21. The number of carbonyl (C=O) groups excluding carboxylic acids is 1. The van der Waals surface area contributed by atoms with Crippen LogP contribution in [0.25, 0.3) is 11.3 Å². The van der Waals surface area contributed by atoms with Crippen LogP contribution < -0.4 is 15.1 Å². The number of esters is 1. The Morgan fingerprint density at radius 1 is 1.05 bits per heavy atom. The Kier molecular flexibility index (Phi) is 5.84. The highest BCUT2D eigenvalue weighted by molar-refractivity contribution is 5.66. The summed E-state index contributed by atoms with van der Waals surface area (Å²) in [5.74, 6) is 0.399. The third-order valence-corrected chi connectivity index (χ3v) is 9.85. The number of ether oxygens (including phenoxy) is 3. The van der Waals surface area contributed by atoms with Gasteiger partial charge in [-0.2, -0.15) is 0 Å². The van der Waals surface area contributed by atoms with E-state index in [4.69, 9.17) is 18.6 Å². The van der Waals surface area contributed by atoms with Gasteiger partial charge in [0.1, 0.15) is 46.2 Å². The highest BCUT2D eigenvalue weighted by atomic mass is 16.6. The zero-order chi connectivity index (χ0) is 27.9. The van der Waals surface area contributed by atoms with Crippen LogP contribution in [0, 0.1) is 10.8 Å². The van der Waals surface area contributed by atoms with Crippen molar-refractivity contribution in [1.82, 2.24) is 0 Å². The predicted molar refractivity (Wildman–Crippen MR) is 137 cm³/mol. The molecule has 0 saturated heterocycles. The Labute approximate surface area is 221 Å². The van der Waals surface area contributed by atoms with E-state index in [-0.39, 0.29) is 29.9 Å². The number of hydrogen-bond acceptors (Lipinski definition) is 9. The van der Waals surface area contributed by atoms with Crippen LogP contribution in [0.1, 0.15) is 72.0 Å². The standard InChI is InChI=1S/C29H36O9/c1-16(30)36-21-11-12-25(2,3)28(33)14-13-26(4)29(34,27(21,28)5)23(31)22-20(38-26)15-19(37-24(22)32)17-7-9-18(35-6)10-8-17/h7-10,15,21,23,31,33-34H,11-14H2,1-6H3/t21-,23-,26-,27+,28-,29-/m1/s1. The van der Waals surface area contributed by atoms with Crippen LogP contribution in [0.3, 0.4) is 0 Å². The fourth-order valence-corrected chi connectivity index (χ4v) is 7.52. The van der Waals surface area contributed by atoms with E-state index in [1.165, 1.54) is 13.0 Å². The molecular weight excluding hydrogens is 492 g/mol. The molecule has 0 unspecified atom stereocenters. The molecule has 2 fully saturated rings. The lowest BCUT2D eigenvalue weighted by Crippen LogP contribution is -2.84. The van der Waals surface area contributed by atoms with Crippen molar-refractivity contribution in [2.75, 3.05) is 7.11 Å². The van der Waals surface area contributed by atoms with Crippen molar-refractivity contribution >= 4 is 5.97 Å². The van der Waals surface area contributed by atoms with E-state index in [1.807, 2.05) is 13.8 Å². The molecule has 0 spiro atoms. The van der Waals surface area contributed by atoms with E-state index in [0.29, 0.717) is 24.2 Å². The minimum absolute atomic E-state index is 0.0971. The summed E-state index contributed by atoms with van der Waals surface area (Å²) in [5, 5.41) is 36.8. The second-order valence-corrected chi connectivity index (χ2v) is 12.0. The van der Waals surface area contributed by atoms with Gasteiger partial charge in [-0.15, -0.1) is 0 Å². The zero-order valence-electron chi connectivity index (χ0n) is 22.7. The largest absolute Gasteiger partial charge is 0.497 e. The molecule has 3 aliphatic rings. The SMILES string of the molecule is COc1ccc(-c2cc3c(c(=O)o2)[C@@H](O)[C@]2(O)[C@@]4(C)[C@H](OC(C)=O)CCC(C)(C)[C@]4(O)CC[C@@]2(C)O3)cc1. The van der Waals surface area contributed by atoms with Crippen LogP contribution >= 0.6 is 0 Å². The van der Waals surface area contributed by atoms with Crippen molar-refractivity contribution in [1.29, 1.82) is 0 Å². The molecule has 2 aliphatic carbocycles. The Balaban J connectivity index is 1.70. The number of hydrogen-bond donors (Lipinski definition) is 3. The van der Waals surface area contributed by atoms with Gasteiger partial charge >= 0.3 is 11.6 Å². The number of aliphatic hydroxyl groups excluding tert-OH is 1. The Morgan fingerprint density at radius 3 is 2.32 bits per heavy atom. The van der Waals surface area contributed by atoms with Gasteiger partial charge in [0.15, 0.2) is 0 Å². The summed E-state index contributed by atoms with van der Waals surface area (Å²) in [6.45, 7) is 8.37. The number of fused-ring (bicyclic) bond motifs is 4. The summed E-state index contributed by atoms with van der Waals surface area (Å²) in [7, 11) is 1.55. The van der Waals surface area contributed by atoms with Crippen molar-refractivity contribution in [3.05, 3.63) is 46.3 Å². The molecular formula is C29H36O9. The molecule has 2 saturated carbocycles. The first-order valence-corrected chi connectivity index (χ1v) is 13.0. The number of benzene rings is 1. The third-order valence-electron chi connectivity index (χ3n) is 9.85. The Bertz CT molecular complexity index is 1330. The average molecular weight is 529 g/mol. The molecule has 9 heteroatoms. The van der Waals surface area contributed by atoms with Gasteiger partial charge in [-0.3, -0.25) is 4.79 Å². The van der Waals surface area contributed by atoms with Crippen molar-refractivity contribution < 1.29 is 38.7 Å². The second-order valence-electron chi connectivity index (χ2n) is 12.0. The van der Waals surface area contributed by atoms with E-state index in [9.17, 15) is 24.9 Å². The summed E-state index contributed by atoms with van der Waals surface area (Å²) < 4.78 is 22.9. The average Bonchev–Trinajstić information content (AvgIpc) is 2.85. The zero-order valence-corrected chi connectivity index (χ0v) is 22.7. The van der Waals surface area contributed by atoms with Crippen LogP contribution in [0.15, 0.2) is 39.5 Å². The molecule has 1 aromatic carbocycles. The number of aliphatic hydroxyl groups is 3. The molecule has 6 atom stereocenters. The summed E-state index contributed by atoms with van der Waals surface area (Å²) >= 11 is 0. The molecule has 5 rings (SSSR count). The van der Waals surface area contributed by atoms with Gasteiger partial charge in [-0.05, 0) is 62.3 Å². The predicted octanol–water partition coefficient (Wildman–Crippen LogP) is 3.51. The smallest absolute Gasteiger partial charge is 0.346 e. The summed E-state index contributed by atoms with van der Waals surface area (Å²) in [6, 6.07) is 8.46. The van der Waals surface area contributed by atoms with Gasteiger partial charge in [-0.25, -0.2) is 4.79 Å². The van der Waals surface area contributed by atoms with Crippen LogP contribution in [0.4, 0.5) is 0 Å². The van der Waals surface area contributed by atoms with Crippen LogP contribution in [-0.2, 0) is 9.53 Å². The minimum Gasteiger partial charge on any atom is -0.497 e. The summed E-state index contributed by atoms with van der Waals surface area (Å²) in [6.07, 6.45) is -1.43. The van der Waals surface area contributed by atoms with Gasteiger partial charge in [0.2, 0.25) is 0 Å². The lowest BCUT2D eigenvalue weighted by Gasteiger charge is -2.72. The normalized spacial score (nSPS) is 37.2. The van der Waals surface area contributed by atoms with E-state index in [0.717, 1.165) is 0 Å².